The highest BCUT2D eigenvalue weighted by Crippen LogP contribution is 2.49. The van der Waals surface area contributed by atoms with Crippen LogP contribution in [-0.2, 0) is 9.59 Å². The number of carbonyl (C=O) groups is 2. The first-order valence-corrected chi connectivity index (χ1v) is 11.5. The summed E-state index contributed by atoms with van der Waals surface area (Å²) in [7, 11) is 0. The molecule has 1 aliphatic carbocycles. The highest BCUT2D eigenvalue weighted by Gasteiger charge is 2.48. The van der Waals surface area contributed by atoms with E-state index in [-0.39, 0.29) is 23.5 Å². The summed E-state index contributed by atoms with van der Waals surface area (Å²) in [6.45, 7) is 7.91. The van der Waals surface area contributed by atoms with Crippen LogP contribution in [0.5, 0.6) is 0 Å². The number of hydrogen-bond acceptors (Lipinski definition) is 3. The normalized spacial score (nSPS) is 21.8. The van der Waals surface area contributed by atoms with Crippen LogP contribution in [0.25, 0.3) is 0 Å². The molecule has 1 aliphatic heterocycles. The third kappa shape index (κ3) is 4.26. The smallest absolute Gasteiger partial charge is 0.227 e. The molecule has 2 atom stereocenters. The van der Waals surface area contributed by atoms with E-state index < -0.39 is 12.0 Å². The summed E-state index contributed by atoms with van der Waals surface area (Å²) in [4.78, 5) is 33.9. The highest BCUT2D eigenvalue weighted by molar-refractivity contribution is 6.35. The highest BCUT2D eigenvalue weighted by atomic mass is 35.5. The topological polar surface area (TPSA) is 49.7 Å². The molecule has 0 saturated heterocycles. The summed E-state index contributed by atoms with van der Waals surface area (Å²) < 4.78 is 0. The van der Waals surface area contributed by atoms with Gasteiger partial charge in [-0.2, -0.15) is 0 Å². The Balaban J connectivity index is 1.98. The Bertz CT molecular complexity index is 1120. The zero-order valence-electron chi connectivity index (χ0n) is 18.3. The van der Waals surface area contributed by atoms with Gasteiger partial charge in [-0.3, -0.25) is 14.6 Å². The number of amides is 1. The van der Waals surface area contributed by atoms with Crippen molar-refractivity contribution in [2.24, 2.45) is 16.3 Å². The van der Waals surface area contributed by atoms with Crippen molar-refractivity contribution in [3.05, 3.63) is 70.7 Å². The molecule has 6 heteroatoms. The minimum Gasteiger partial charge on any atom is -0.302 e. The SMILES string of the molecule is C=CCCC(=O)N1c2ccccc2N=C2CC(C)(C)CC(=O)C2C1c1ccc(Cl)cc1Cl. The second-order valence-corrected chi connectivity index (χ2v) is 10.1. The Labute approximate surface area is 198 Å². The maximum absolute atomic E-state index is 13.6. The largest absolute Gasteiger partial charge is 0.302 e. The molecule has 4 rings (SSSR count). The van der Waals surface area contributed by atoms with Crippen LogP contribution in [0, 0.1) is 11.3 Å². The van der Waals surface area contributed by atoms with Gasteiger partial charge in [0.15, 0.2) is 0 Å². The number of aliphatic imine (C=N–C) groups is 1. The van der Waals surface area contributed by atoms with E-state index in [0.717, 1.165) is 5.71 Å². The molecule has 0 spiro atoms. The van der Waals surface area contributed by atoms with E-state index in [1.807, 2.05) is 30.3 Å². The molecule has 0 radical (unpaired) electrons. The van der Waals surface area contributed by atoms with Gasteiger partial charge in [-0.15, -0.1) is 6.58 Å². The molecule has 166 valence electrons. The number of halogens is 2. The van der Waals surface area contributed by atoms with Gasteiger partial charge < -0.3 is 4.90 Å². The van der Waals surface area contributed by atoms with Gasteiger partial charge in [-0.25, -0.2) is 0 Å². The number of allylic oxidation sites excluding steroid dienone is 1. The van der Waals surface area contributed by atoms with Crippen LogP contribution < -0.4 is 4.90 Å². The molecule has 1 saturated carbocycles. The minimum absolute atomic E-state index is 0.0744. The van der Waals surface area contributed by atoms with E-state index in [1.54, 1.807) is 23.1 Å². The Morgan fingerprint density at radius 2 is 1.97 bits per heavy atom. The molecular weight excluding hydrogens is 443 g/mol. The molecule has 0 bridgehead atoms. The Hall–Kier alpha value is -2.43. The number of hydrogen-bond donors (Lipinski definition) is 0. The molecule has 1 amide bonds. The van der Waals surface area contributed by atoms with Gasteiger partial charge in [0, 0.05) is 28.6 Å². The van der Waals surface area contributed by atoms with E-state index in [2.05, 4.69) is 20.4 Å². The number of carbonyl (C=O) groups excluding carboxylic acids is 2. The van der Waals surface area contributed by atoms with Gasteiger partial charge in [0.2, 0.25) is 5.91 Å². The lowest BCUT2D eigenvalue weighted by atomic mass is 9.68. The predicted octanol–water partition coefficient (Wildman–Crippen LogP) is 7.13. The first-order chi connectivity index (χ1) is 15.2. The van der Waals surface area contributed by atoms with Crippen LogP contribution in [-0.4, -0.2) is 17.4 Å². The van der Waals surface area contributed by atoms with Crippen LogP contribution >= 0.6 is 23.2 Å². The molecule has 0 aromatic heterocycles. The molecule has 2 aromatic carbocycles. The van der Waals surface area contributed by atoms with Crippen molar-refractivity contribution in [1.29, 1.82) is 0 Å². The molecule has 2 aliphatic rings. The van der Waals surface area contributed by atoms with Crippen LogP contribution in [0.3, 0.4) is 0 Å². The lowest BCUT2D eigenvalue weighted by Crippen LogP contribution is -2.47. The van der Waals surface area contributed by atoms with Gasteiger partial charge >= 0.3 is 0 Å². The number of para-hydroxylation sites is 2. The third-order valence-corrected chi connectivity index (χ3v) is 6.69. The maximum Gasteiger partial charge on any atom is 0.227 e. The van der Waals surface area contributed by atoms with Gasteiger partial charge in [0.1, 0.15) is 5.78 Å². The predicted molar refractivity (Wildman–Crippen MR) is 131 cm³/mol. The number of benzene rings is 2. The monoisotopic (exact) mass is 468 g/mol. The molecule has 4 nitrogen and oxygen atoms in total. The van der Waals surface area contributed by atoms with Crippen molar-refractivity contribution in [3.63, 3.8) is 0 Å². The van der Waals surface area contributed by atoms with Crippen LogP contribution in [0.1, 0.15) is 51.1 Å². The Kier molecular flexibility index (Phi) is 6.28. The van der Waals surface area contributed by atoms with Crippen LogP contribution in [0.4, 0.5) is 11.4 Å². The summed E-state index contributed by atoms with van der Waals surface area (Å²) in [6, 6.07) is 12.2. The lowest BCUT2D eigenvalue weighted by Gasteiger charge is -2.41. The average Bonchev–Trinajstić information content (AvgIpc) is 2.85. The van der Waals surface area contributed by atoms with Crippen molar-refractivity contribution < 1.29 is 9.59 Å². The summed E-state index contributed by atoms with van der Waals surface area (Å²) in [5.41, 5.74) is 2.68. The molecule has 2 aromatic rings. The van der Waals surface area contributed by atoms with Gasteiger partial charge in [0.05, 0.1) is 23.3 Å². The van der Waals surface area contributed by atoms with Gasteiger partial charge in [-0.1, -0.05) is 61.3 Å². The van der Waals surface area contributed by atoms with Gasteiger partial charge in [0.25, 0.3) is 0 Å². The molecule has 0 N–H and O–H groups in total. The van der Waals surface area contributed by atoms with Gasteiger partial charge in [-0.05, 0) is 48.1 Å². The van der Waals surface area contributed by atoms with Crippen LogP contribution in [0.15, 0.2) is 60.1 Å². The second-order valence-electron chi connectivity index (χ2n) is 9.26. The Morgan fingerprint density at radius 1 is 1.22 bits per heavy atom. The van der Waals surface area contributed by atoms with Crippen molar-refractivity contribution in [2.45, 2.75) is 45.6 Å². The first kappa shape index (κ1) is 22.8. The minimum atomic E-state index is -0.594. The fraction of sp³-hybridized carbons (Fsp3) is 0.346. The number of rotatable bonds is 4. The zero-order chi connectivity index (χ0) is 23.0. The summed E-state index contributed by atoms with van der Waals surface area (Å²) >= 11 is 12.8. The van der Waals surface area contributed by atoms with Crippen molar-refractivity contribution in [3.8, 4) is 0 Å². The molecule has 2 unspecified atom stereocenters. The fourth-order valence-corrected chi connectivity index (χ4v) is 5.33. The van der Waals surface area contributed by atoms with Crippen molar-refractivity contribution in [2.75, 3.05) is 4.90 Å². The summed E-state index contributed by atoms with van der Waals surface area (Å²) in [6.07, 6.45) is 3.64. The number of anilines is 1. The fourth-order valence-electron chi connectivity index (χ4n) is 4.81. The van der Waals surface area contributed by atoms with Crippen LogP contribution in [0.2, 0.25) is 10.0 Å². The zero-order valence-corrected chi connectivity index (χ0v) is 19.8. The number of Topliss-reactive ketones (excluding diaryl/α,β-unsaturated/α-hetero) is 1. The molecular formula is C26H26Cl2N2O2. The maximum atomic E-state index is 13.6. The summed E-state index contributed by atoms with van der Waals surface area (Å²) in [5.74, 6) is -0.588. The number of fused-ring (bicyclic) bond motifs is 2. The molecule has 1 heterocycles. The quantitative estimate of drug-likeness (QED) is 0.448. The van der Waals surface area contributed by atoms with E-state index in [0.29, 0.717) is 46.2 Å². The number of ketones is 1. The molecule has 1 fully saturated rings. The van der Waals surface area contributed by atoms with E-state index in [1.165, 1.54) is 0 Å². The van der Waals surface area contributed by atoms with E-state index >= 15 is 0 Å². The average molecular weight is 469 g/mol. The van der Waals surface area contributed by atoms with Crippen molar-refractivity contribution in [1.82, 2.24) is 0 Å². The number of nitrogens with zero attached hydrogens (tertiary/aromatic N) is 2. The van der Waals surface area contributed by atoms with E-state index in [4.69, 9.17) is 28.2 Å². The van der Waals surface area contributed by atoms with Crippen molar-refractivity contribution >= 4 is 52.0 Å². The Morgan fingerprint density at radius 3 is 2.69 bits per heavy atom. The summed E-state index contributed by atoms with van der Waals surface area (Å²) in [5, 5.41) is 0.933. The molecule has 32 heavy (non-hydrogen) atoms. The third-order valence-electron chi connectivity index (χ3n) is 6.13. The lowest BCUT2D eigenvalue weighted by molar-refractivity contribution is -0.125. The standard InChI is InChI=1S/C26H26Cl2N2O2/c1-4-5-10-23(32)30-21-9-7-6-8-19(21)29-20-14-26(2,3)15-22(31)24(20)25(30)17-12-11-16(27)13-18(17)28/h4,6-9,11-13,24-25H,1,5,10,14-15H2,2-3H3. The second kappa shape index (κ2) is 8.84. The van der Waals surface area contributed by atoms with E-state index in [9.17, 15) is 9.59 Å². The first-order valence-electron chi connectivity index (χ1n) is 10.8.